The van der Waals surface area contributed by atoms with Crippen LogP contribution >= 0.6 is 0 Å². The third kappa shape index (κ3) is 3.85. The maximum Gasteiger partial charge on any atom is 0.193 e. The van der Waals surface area contributed by atoms with Gasteiger partial charge in [-0.25, -0.2) is 0 Å². The molecule has 82 valence electrons. The molecule has 1 unspecified atom stereocenters. The van der Waals surface area contributed by atoms with Gasteiger partial charge in [0.05, 0.1) is 0 Å². The summed E-state index contributed by atoms with van der Waals surface area (Å²) in [6.07, 6.45) is 7.53. The van der Waals surface area contributed by atoms with Crippen molar-refractivity contribution in [3.05, 3.63) is 0 Å². The summed E-state index contributed by atoms with van der Waals surface area (Å²) in [6, 6.07) is 0. The Morgan fingerprint density at radius 3 is 2.14 bits per heavy atom. The third-order valence-electron chi connectivity index (χ3n) is 2.98. The lowest BCUT2D eigenvalue weighted by atomic mass is 10.2. The van der Waals surface area contributed by atoms with Crippen LogP contribution in [0.3, 0.4) is 0 Å². The van der Waals surface area contributed by atoms with Gasteiger partial charge in [0.2, 0.25) is 0 Å². The molecular weight excluding hydrogens is 188 g/mol. The van der Waals surface area contributed by atoms with Crippen molar-refractivity contribution in [2.45, 2.75) is 64.8 Å². The van der Waals surface area contributed by atoms with Crippen molar-refractivity contribution in [1.29, 1.82) is 0 Å². The highest BCUT2D eigenvalue weighted by atomic mass is 28.4. The van der Waals surface area contributed by atoms with E-state index >= 15 is 0 Å². The third-order valence-corrected chi connectivity index (χ3v) is 7.47. The molecule has 0 aromatic heterocycles. The van der Waals surface area contributed by atoms with E-state index in [4.69, 9.17) is 10.8 Å². The van der Waals surface area contributed by atoms with Crippen LogP contribution in [0.1, 0.15) is 40.5 Å². The van der Waals surface area contributed by atoms with Gasteiger partial charge in [-0.1, -0.05) is 40.0 Å². The van der Waals surface area contributed by atoms with E-state index < -0.39 is 8.32 Å². The second-order valence-electron chi connectivity index (χ2n) is 5.32. The summed E-state index contributed by atoms with van der Waals surface area (Å²) < 4.78 is 6.09. The largest absolute Gasteiger partial charge is 0.403 e. The predicted molar refractivity (Wildman–Crippen MR) is 65.8 cm³/mol. The number of terminal acetylenes is 1. The molecule has 0 aromatic rings. The minimum absolute atomic E-state index is 0.0147. The van der Waals surface area contributed by atoms with Crippen LogP contribution < -0.4 is 0 Å². The quantitative estimate of drug-likeness (QED) is 0.508. The second-order valence-corrected chi connectivity index (χ2v) is 10.1. The van der Waals surface area contributed by atoms with E-state index in [0.717, 1.165) is 12.8 Å². The van der Waals surface area contributed by atoms with Crippen molar-refractivity contribution in [3.8, 4) is 12.3 Å². The van der Waals surface area contributed by atoms with Crippen molar-refractivity contribution >= 4 is 8.32 Å². The fraction of sp³-hybridized carbons (Fsp3) is 0.833. The molecule has 1 atom stereocenters. The van der Waals surface area contributed by atoms with Crippen molar-refractivity contribution in [2.75, 3.05) is 0 Å². The van der Waals surface area contributed by atoms with Gasteiger partial charge in [-0.05, 0) is 24.6 Å². The van der Waals surface area contributed by atoms with Gasteiger partial charge in [0.25, 0.3) is 0 Å². The first-order chi connectivity index (χ1) is 6.24. The second kappa shape index (κ2) is 5.00. The SMILES string of the molecule is C#CC(CCC)O[Si](C)(C)C(C)(C)C. The summed E-state index contributed by atoms with van der Waals surface area (Å²) in [5.74, 6) is 2.74. The lowest BCUT2D eigenvalue weighted by Gasteiger charge is -2.38. The van der Waals surface area contributed by atoms with E-state index in [1.165, 1.54) is 0 Å². The van der Waals surface area contributed by atoms with Gasteiger partial charge in [0.1, 0.15) is 6.10 Å². The molecule has 0 aliphatic carbocycles. The summed E-state index contributed by atoms with van der Waals surface area (Å²) in [5, 5.41) is 0.246. The molecule has 0 N–H and O–H groups in total. The summed E-state index contributed by atoms with van der Waals surface area (Å²) in [5.41, 5.74) is 0. The van der Waals surface area contributed by atoms with Gasteiger partial charge < -0.3 is 4.43 Å². The zero-order valence-corrected chi connectivity index (χ0v) is 11.5. The highest BCUT2D eigenvalue weighted by Crippen LogP contribution is 2.37. The number of rotatable bonds is 4. The van der Waals surface area contributed by atoms with E-state index in [1.54, 1.807) is 0 Å². The fourth-order valence-electron chi connectivity index (χ4n) is 0.971. The van der Waals surface area contributed by atoms with Gasteiger partial charge in [0, 0.05) is 0 Å². The monoisotopic (exact) mass is 212 g/mol. The molecule has 0 heterocycles. The van der Waals surface area contributed by atoms with E-state index in [1.807, 2.05) is 0 Å². The molecule has 2 heteroatoms. The normalized spacial score (nSPS) is 14.9. The predicted octanol–water partition coefficient (Wildman–Crippen LogP) is 3.81. The van der Waals surface area contributed by atoms with Crippen LogP contribution in [-0.4, -0.2) is 14.4 Å². The Hall–Kier alpha value is -0.263. The van der Waals surface area contributed by atoms with Crippen molar-refractivity contribution in [1.82, 2.24) is 0 Å². The minimum atomic E-state index is -1.67. The molecule has 0 saturated carbocycles. The molecule has 0 bridgehead atoms. The van der Waals surface area contributed by atoms with E-state index in [9.17, 15) is 0 Å². The highest BCUT2D eigenvalue weighted by Gasteiger charge is 2.38. The molecular formula is C12H24OSi. The van der Waals surface area contributed by atoms with Crippen LogP contribution in [0.5, 0.6) is 0 Å². The molecule has 0 spiro atoms. The van der Waals surface area contributed by atoms with Crippen LogP contribution in [0.4, 0.5) is 0 Å². The highest BCUT2D eigenvalue weighted by molar-refractivity contribution is 6.74. The molecule has 14 heavy (non-hydrogen) atoms. The maximum absolute atomic E-state index is 6.09. The van der Waals surface area contributed by atoms with Gasteiger partial charge in [0.15, 0.2) is 8.32 Å². The fourth-order valence-corrected chi connectivity index (χ4v) is 2.22. The molecule has 1 nitrogen and oxygen atoms in total. The molecule has 0 amide bonds. The maximum atomic E-state index is 6.09. The first-order valence-corrected chi connectivity index (χ1v) is 8.29. The Balaban J connectivity index is 4.42. The zero-order valence-electron chi connectivity index (χ0n) is 10.5. The van der Waals surface area contributed by atoms with Crippen LogP contribution in [0.2, 0.25) is 18.1 Å². The lowest BCUT2D eigenvalue weighted by Crippen LogP contribution is -2.43. The minimum Gasteiger partial charge on any atom is -0.403 e. The Morgan fingerprint density at radius 2 is 1.86 bits per heavy atom. The van der Waals surface area contributed by atoms with E-state index in [0.29, 0.717) is 0 Å². The van der Waals surface area contributed by atoms with E-state index in [2.05, 4.69) is 46.7 Å². The average molecular weight is 212 g/mol. The standard InChI is InChI=1S/C12H24OSi/c1-8-10-11(9-2)13-14(6,7)12(3,4)5/h2,11H,8,10H2,1,3-7H3. The molecule has 0 radical (unpaired) electrons. The van der Waals surface area contributed by atoms with Crippen molar-refractivity contribution < 1.29 is 4.43 Å². The zero-order chi connectivity index (χ0) is 11.4. The molecule has 0 fully saturated rings. The van der Waals surface area contributed by atoms with Crippen LogP contribution in [0.15, 0.2) is 0 Å². The van der Waals surface area contributed by atoms with Gasteiger partial charge in [-0.3, -0.25) is 0 Å². The Bertz CT molecular complexity index is 207. The molecule has 0 aromatic carbocycles. The smallest absolute Gasteiger partial charge is 0.193 e. The summed E-state index contributed by atoms with van der Waals surface area (Å²) in [7, 11) is -1.67. The number of hydrogen-bond donors (Lipinski definition) is 0. The Labute approximate surface area is 90.4 Å². The van der Waals surface area contributed by atoms with Crippen LogP contribution in [-0.2, 0) is 4.43 Å². The number of hydrogen-bond acceptors (Lipinski definition) is 1. The van der Waals surface area contributed by atoms with Gasteiger partial charge in [-0.15, -0.1) is 6.42 Å². The average Bonchev–Trinajstić information content (AvgIpc) is 2.01. The molecule has 0 aliphatic heterocycles. The van der Waals surface area contributed by atoms with Crippen molar-refractivity contribution in [2.24, 2.45) is 0 Å². The Kier molecular flexibility index (Phi) is 4.90. The molecule has 0 aliphatic rings. The first-order valence-electron chi connectivity index (χ1n) is 5.38. The van der Waals surface area contributed by atoms with Gasteiger partial charge >= 0.3 is 0 Å². The van der Waals surface area contributed by atoms with Crippen LogP contribution in [0.25, 0.3) is 0 Å². The summed E-state index contributed by atoms with van der Waals surface area (Å²) in [6.45, 7) is 13.3. The van der Waals surface area contributed by atoms with Crippen LogP contribution in [0, 0.1) is 12.3 Å². The van der Waals surface area contributed by atoms with Gasteiger partial charge in [-0.2, -0.15) is 0 Å². The molecule has 0 rings (SSSR count). The summed E-state index contributed by atoms with van der Waals surface area (Å²) in [4.78, 5) is 0. The topological polar surface area (TPSA) is 9.23 Å². The summed E-state index contributed by atoms with van der Waals surface area (Å²) >= 11 is 0. The molecule has 0 saturated heterocycles. The first kappa shape index (κ1) is 13.7. The Morgan fingerprint density at radius 1 is 1.36 bits per heavy atom. The lowest BCUT2D eigenvalue weighted by molar-refractivity contribution is 0.222. The van der Waals surface area contributed by atoms with Crippen molar-refractivity contribution in [3.63, 3.8) is 0 Å². The van der Waals surface area contributed by atoms with E-state index in [-0.39, 0.29) is 11.1 Å².